The van der Waals surface area contributed by atoms with E-state index in [4.69, 9.17) is 20.8 Å². The smallest absolute Gasteiger partial charge is 0.257 e. The van der Waals surface area contributed by atoms with Crippen LogP contribution in [0.25, 0.3) is 0 Å². The fraction of sp³-hybridized carbons (Fsp3) is 0.389. The first-order valence-corrected chi connectivity index (χ1v) is 8.07. The molecule has 0 unspecified atom stereocenters. The maximum atomic E-state index is 11.9. The van der Waals surface area contributed by atoms with Gasteiger partial charge in [-0.1, -0.05) is 25.4 Å². The Bertz CT molecular complexity index is 651. The molecule has 124 valence electrons. The van der Waals surface area contributed by atoms with E-state index >= 15 is 0 Å². The van der Waals surface area contributed by atoms with Crippen LogP contribution in [0.4, 0.5) is 0 Å². The Kier molecular flexibility index (Phi) is 6.11. The molecule has 0 aliphatic carbocycles. The molecule has 4 nitrogen and oxygen atoms in total. The van der Waals surface area contributed by atoms with E-state index in [1.165, 1.54) is 0 Å². The lowest BCUT2D eigenvalue weighted by Crippen LogP contribution is -2.30. The second-order valence-corrected chi connectivity index (χ2v) is 6.17. The number of amides is 1. The molecular weight excluding hydrogens is 314 g/mol. The van der Waals surface area contributed by atoms with Crippen LogP contribution in [0.2, 0.25) is 5.02 Å². The fourth-order valence-electron chi connectivity index (χ4n) is 2.22. The first kappa shape index (κ1) is 17.4. The van der Waals surface area contributed by atoms with Crippen LogP contribution in [-0.2, 0) is 11.2 Å². The molecule has 2 aromatic rings. The van der Waals surface area contributed by atoms with Crippen LogP contribution in [0.3, 0.4) is 0 Å². The lowest BCUT2D eigenvalue weighted by atomic mass is 10.0. The van der Waals surface area contributed by atoms with Gasteiger partial charge in [0.1, 0.15) is 11.5 Å². The Balaban J connectivity index is 1.87. The van der Waals surface area contributed by atoms with Crippen molar-refractivity contribution in [2.75, 3.05) is 13.2 Å². The summed E-state index contributed by atoms with van der Waals surface area (Å²) in [6.45, 7) is 6.56. The van der Waals surface area contributed by atoms with Gasteiger partial charge in [0.2, 0.25) is 0 Å². The standard InChI is InChI=1S/C18H22ClNO3/c1-12(2)15-10-16(19)13(3)9-17(15)23-11-18(21)20-7-6-14-5-4-8-22-14/h4-5,8-10,12H,6-7,11H2,1-3H3,(H,20,21). The number of hydrogen-bond acceptors (Lipinski definition) is 3. The number of halogens is 1. The van der Waals surface area contributed by atoms with Crippen molar-refractivity contribution in [3.8, 4) is 5.75 Å². The van der Waals surface area contributed by atoms with Crippen LogP contribution in [0.1, 0.15) is 36.7 Å². The maximum absolute atomic E-state index is 11.9. The van der Waals surface area contributed by atoms with Crippen LogP contribution in [0.5, 0.6) is 5.75 Å². The Hall–Kier alpha value is -1.94. The summed E-state index contributed by atoms with van der Waals surface area (Å²) in [5.74, 6) is 1.67. The molecule has 2 rings (SSSR count). The third-order valence-corrected chi connectivity index (χ3v) is 3.95. The molecule has 0 aliphatic heterocycles. The van der Waals surface area contributed by atoms with E-state index in [9.17, 15) is 4.79 Å². The molecular formula is C18H22ClNO3. The fourth-order valence-corrected chi connectivity index (χ4v) is 2.39. The second kappa shape index (κ2) is 8.06. The minimum absolute atomic E-state index is 0.0149. The predicted octanol–water partition coefficient (Wildman–Crippen LogP) is 4.10. The van der Waals surface area contributed by atoms with Crippen LogP contribution < -0.4 is 10.1 Å². The third-order valence-electron chi connectivity index (χ3n) is 3.55. The van der Waals surface area contributed by atoms with Crippen molar-refractivity contribution in [1.82, 2.24) is 5.32 Å². The molecule has 0 bridgehead atoms. The summed E-state index contributed by atoms with van der Waals surface area (Å²) in [5, 5.41) is 3.53. The van der Waals surface area contributed by atoms with E-state index in [0.717, 1.165) is 16.9 Å². The normalized spacial score (nSPS) is 10.8. The van der Waals surface area contributed by atoms with E-state index in [1.54, 1.807) is 6.26 Å². The molecule has 5 heteroatoms. The zero-order chi connectivity index (χ0) is 16.8. The summed E-state index contributed by atoms with van der Waals surface area (Å²) < 4.78 is 10.9. The number of carbonyl (C=O) groups excluding carboxylic acids is 1. The summed E-state index contributed by atoms with van der Waals surface area (Å²) in [7, 11) is 0. The maximum Gasteiger partial charge on any atom is 0.257 e. The van der Waals surface area contributed by atoms with Gasteiger partial charge in [0.05, 0.1) is 6.26 Å². The van der Waals surface area contributed by atoms with E-state index in [-0.39, 0.29) is 18.4 Å². The molecule has 23 heavy (non-hydrogen) atoms. The molecule has 1 amide bonds. The number of hydrogen-bond donors (Lipinski definition) is 1. The Labute approximate surface area is 141 Å². The average molecular weight is 336 g/mol. The number of nitrogens with one attached hydrogen (secondary N) is 1. The first-order valence-electron chi connectivity index (χ1n) is 7.69. The minimum atomic E-state index is -0.154. The lowest BCUT2D eigenvalue weighted by Gasteiger charge is -2.15. The summed E-state index contributed by atoms with van der Waals surface area (Å²) >= 11 is 6.17. The van der Waals surface area contributed by atoms with Gasteiger partial charge >= 0.3 is 0 Å². The van der Waals surface area contributed by atoms with Gasteiger partial charge < -0.3 is 14.5 Å². The third kappa shape index (κ3) is 5.03. The van der Waals surface area contributed by atoms with Crippen LogP contribution in [0.15, 0.2) is 34.9 Å². The van der Waals surface area contributed by atoms with Crippen LogP contribution >= 0.6 is 11.6 Å². The monoisotopic (exact) mass is 335 g/mol. The van der Waals surface area contributed by atoms with Crippen molar-refractivity contribution in [2.45, 2.75) is 33.1 Å². The number of benzene rings is 1. The predicted molar refractivity (Wildman–Crippen MR) is 91.2 cm³/mol. The molecule has 1 N–H and O–H groups in total. The number of aryl methyl sites for hydroxylation is 1. The molecule has 0 atom stereocenters. The highest BCUT2D eigenvalue weighted by atomic mass is 35.5. The van der Waals surface area contributed by atoms with Crippen molar-refractivity contribution >= 4 is 17.5 Å². The molecule has 1 heterocycles. The van der Waals surface area contributed by atoms with Crippen molar-refractivity contribution in [3.63, 3.8) is 0 Å². The van der Waals surface area contributed by atoms with Crippen molar-refractivity contribution < 1.29 is 13.9 Å². The lowest BCUT2D eigenvalue weighted by molar-refractivity contribution is -0.123. The van der Waals surface area contributed by atoms with Gasteiger partial charge in [0.25, 0.3) is 5.91 Å². The molecule has 0 saturated carbocycles. The zero-order valence-corrected chi connectivity index (χ0v) is 14.4. The summed E-state index contributed by atoms with van der Waals surface area (Å²) in [6.07, 6.45) is 2.28. The zero-order valence-electron chi connectivity index (χ0n) is 13.7. The van der Waals surface area contributed by atoms with Crippen molar-refractivity contribution in [3.05, 3.63) is 52.4 Å². The number of rotatable bonds is 7. The molecule has 0 spiro atoms. The van der Waals surface area contributed by atoms with Gasteiger partial charge in [0, 0.05) is 18.0 Å². The first-order chi connectivity index (χ1) is 11.0. The summed E-state index contributed by atoms with van der Waals surface area (Å²) in [4.78, 5) is 11.9. The van der Waals surface area contributed by atoms with Gasteiger partial charge in [-0.2, -0.15) is 0 Å². The average Bonchev–Trinajstić information content (AvgIpc) is 3.01. The molecule has 0 fully saturated rings. The van der Waals surface area contributed by atoms with E-state index in [0.29, 0.717) is 23.7 Å². The van der Waals surface area contributed by atoms with E-state index in [1.807, 2.05) is 31.2 Å². The Morgan fingerprint density at radius 1 is 1.39 bits per heavy atom. The largest absolute Gasteiger partial charge is 0.483 e. The number of carbonyl (C=O) groups is 1. The summed E-state index contributed by atoms with van der Waals surface area (Å²) in [6, 6.07) is 7.50. The minimum Gasteiger partial charge on any atom is -0.483 e. The molecule has 0 saturated heterocycles. The quantitative estimate of drug-likeness (QED) is 0.828. The highest BCUT2D eigenvalue weighted by Crippen LogP contribution is 2.31. The van der Waals surface area contributed by atoms with Crippen LogP contribution in [-0.4, -0.2) is 19.1 Å². The van der Waals surface area contributed by atoms with Gasteiger partial charge in [0.15, 0.2) is 6.61 Å². The molecule has 1 aromatic heterocycles. The topological polar surface area (TPSA) is 51.5 Å². The Morgan fingerprint density at radius 3 is 2.83 bits per heavy atom. The highest BCUT2D eigenvalue weighted by Gasteiger charge is 2.12. The Morgan fingerprint density at radius 2 is 2.17 bits per heavy atom. The molecule has 1 aromatic carbocycles. The van der Waals surface area contributed by atoms with Crippen molar-refractivity contribution in [1.29, 1.82) is 0 Å². The van der Waals surface area contributed by atoms with Gasteiger partial charge in [-0.15, -0.1) is 0 Å². The van der Waals surface area contributed by atoms with Crippen LogP contribution in [0, 0.1) is 6.92 Å². The van der Waals surface area contributed by atoms with Gasteiger partial charge in [-0.25, -0.2) is 0 Å². The SMILES string of the molecule is Cc1cc(OCC(=O)NCCc2ccco2)c(C(C)C)cc1Cl. The van der Waals surface area contributed by atoms with Crippen molar-refractivity contribution in [2.24, 2.45) is 0 Å². The van der Waals surface area contributed by atoms with E-state index < -0.39 is 0 Å². The van der Waals surface area contributed by atoms with E-state index in [2.05, 4.69) is 19.2 Å². The van der Waals surface area contributed by atoms with Gasteiger partial charge in [-0.3, -0.25) is 4.79 Å². The second-order valence-electron chi connectivity index (χ2n) is 5.76. The molecule has 0 radical (unpaired) electrons. The molecule has 0 aliphatic rings. The van der Waals surface area contributed by atoms with Gasteiger partial charge in [-0.05, 0) is 48.2 Å². The summed E-state index contributed by atoms with van der Waals surface area (Å²) in [5.41, 5.74) is 1.94. The highest BCUT2D eigenvalue weighted by molar-refractivity contribution is 6.31. The number of ether oxygens (including phenoxy) is 1. The number of furan rings is 1.